The maximum absolute atomic E-state index is 13.4. The molecule has 0 radical (unpaired) electrons. The fourth-order valence-corrected chi connectivity index (χ4v) is 6.67. The van der Waals surface area contributed by atoms with Crippen molar-refractivity contribution in [3.63, 3.8) is 0 Å². The molecule has 180 valence electrons. The maximum atomic E-state index is 13.4. The molecular formula is C25H31Cl2NO4S. The number of hydrogen-bond acceptors (Lipinski definition) is 4. The normalized spacial score (nSPS) is 21.7. The quantitative estimate of drug-likeness (QED) is 0.475. The number of sulfone groups is 1. The first-order valence-electron chi connectivity index (χ1n) is 11.1. The lowest BCUT2D eigenvalue weighted by molar-refractivity contribution is -0.163. The number of morpholine rings is 1. The van der Waals surface area contributed by atoms with Gasteiger partial charge < -0.3 is 9.64 Å². The molecule has 5 nitrogen and oxygen atoms in total. The second-order valence-corrected chi connectivity index (χ2v) is 13.4. The second kappa shape index (κ2) is 9.95. The number of carbonyl (C=O) groups excluding carboxylic acids is 1. The van der Waals surface area contributed by atoms with Gasteiger partial charge in [-0.15, -0.1) is 0 Å². The summed E-state index contributed by atoms with van der Waals surface area (Å²) in [5, 5.41) is 0.368. The molecule has 0 unspecified atom stereocenters. The minimum atomic E-state index is -3.54. The van der Waals surface area contributed by atoms with Gasteiger partial charge in [0.15, 0.2) is 9.84 Å². The van der Waals surface area contributed by atoms with E-state index in [2.05, 4.69) is 0 Å². The van der Waals surface area contributed by atoms with Gasteiger partial charge in [0.05, 0.1) is 16.0 Å². The summed E-state index contributed by atoms with van der Waals surface area (Å²) in [7, 11) is -3.54. The summed E-state index contributed by atoms with van der Waals surface area (Å²) < 4.78 is 31.9. The van der Waals surface area contributed by atoms with Gasteiger partial charge in [-0.1, -0.05) is 54.4 Å². The predicted octanol–water partition coefficient (Wildman–Crippen LogP) is 6.02. The maximum Gasteiger partial charge on any atom is 0.249 e. The van der Waals surface area contributed by atoms with E-state index in [1.807, 2.05) is 37.3 Å². The van der Waals surface area contributed by atoms with Gasteiger partial charge in [0.2, 0.25) is 5.91 Å². The third kappa shape index (κ3) is 5.24. The van der Waals surface area contributed by atoms with Crippen molar-refractivity contribution in [1.29, 1.82) is 0 Å². The Hall–Kier alpha value is -1.60. The molecule has 4 atom stereocenters. The molecule has 3 rings (SSSR count). The molecule has 0 bridgehead atoms. The fourth-order valence-electron chi connectivity index (χ4n) is 4.50. The minimum absolute atomic E-state index is 0.139. The molecule has 0 aromatic heterocycles. The van der Waals surface area contributed by atoms with E-state index in [4.69, 9.17) is 27.9 Å². The molecule has 0 aliphatic carbocycles. The molecule has 1 fully saturated rings. The number of rotatable bonds is 6. The van der Waals surface area contributed by atoms with Crippen molar-refractivity contribution < 1.29 is 17.9 Å². The minimum Gasteiger partial charge on any atom is -0.361 e. The summed E-state index contributed by atoms with van der Waals surface area (Å²) in [6.07, 6.45) is -0.0321. The number of nitrogens with zero attached hydrogens (tertiary/aromatic N) is 1. The molecule has 8 heteroatoms. The number of benzene rings is 2. The summed E-state index contributed by atoms with van der Waals surface area (Å²) in [4.78, 5) is 15.0. The Bertz CT molecular complexity index is 1100. The van der Waals surface area contributed by atoms with Crippen molar-refractivity contribution in [2.24, 2.45) is 0 Å². The topological polar surface area (TPSA) is 63.7 Å². The van der Waals surface area contributed by atoms with Crippen molar-refractivity contribution in [3.8, 4) is 0 Å². The number of carbonyl (C=O) groups is 1. The van der Waals surface area contributed by atoms with E-state index in [0.29, 0.717) is 16.5 Å². The summed E-state index contributed by atoms with van der Waals surface area (Å²) in [6, 6.07) is 13.5. The Balaban J connectivity index is 2.16. The van der Waals surface area contributed by atoms with Crippen LogP contribution in [0.15, 0.2) is 48.5 Å². The average Bonchev–Trinajstić information content (AvgIpc) is 2.75. The Kier molecular flexibility index (Phi) is 7.84. The van der Waals surface area contributed by atoms with E-state index in [1.165, 1.54) is 0 Å². The van der Waals surface area contributed by atoms with Crippen LogP contribution in [-0.4, -0.2) is 41.9 Å². The van der Waals surface area contributed by atoms with Crippen LogP contribution in [0.4, 0.5) is 0 Å². The Morgan fingerprint density at radius 2 is 1.70 bits per heavy atom. The van der Waals surface area contributed by atoms with Crippen LogP contribution in [0.1, 0.15) is 64.3 Å². The van der Waals surface area contributed by atoms with Crippen LogP contribution >= 0.6 is 23.2 Å². The van der Waals surface area contributed by atoms with Gasteiger partial charge in [-0.25, -0.2) is 8.42 Å². The van der Waals surface area contributed by atoms with Crippen LogP contribution in [0.2, 0.25) is 10.0 Å². The van der Waals surface area contributed by atoms with Gasteiger partial charge >= 0.3 is 0 Å². The lowest BCUT2D eigenvalue weighted by Crippen LogP contribution is -2.56. The molecule has 1 heterocycles. The SMILES string of the molecule is CC[C@@H]([C@H](C)S(=O)(=O)C(C)(C)C)N1C(=O)CO[C@H](c2cccc(Cl)c2)[C@H]1c1ccc(Cl)cc1. The standard InChI is InChI=1S/C25H31Cl2NO4S/c1-6-21(16(2)33(30,31)25(3,4)5)28-22(29)15-32-24(18-8-7-9-20(27)14-18)23(28)17-10-12-19(26)13-11-17/h7-14,16,21,23-24H,6,15H2,1-5H3/t16-,21-,23+,24+/m0/s1. The third-order valence-corrected chi connectivity index (χ3v) is 9.80. The smallest absolute Gasteiger partial charge is 0.249 e. The first-order chi connectivity index (χ1) is 15.4. The van der Waals surface area contributed by atoms with Crippen molar-refractivity contribution in [1.82, 2.24) is 4.90 Å². The van der Waals surface area contributed by atoms with Gasteiger partial charge in [0, 0.05) is 16.1 Å². The fraction of sp³-hybridized carbons (Fsp3) is 0.480. The van der Waals surface area contributed by atoms with Crippen molar-refractivity contribution >= 4 is 38.9 Å². The largest absolute Gasteiger partial charge is 0.361 e. The molecule has 2 aromatic carbocycles. The van der Waals surface area contributed by atoms with Gasteiger partial charge in [-0.05, 0) is 69.5 Å². The van der Waals surface area contributed by atoms with Gasteiger partial charge in [-0.2, -0.15) is 0 Å². The zero-order valence-electron chi connectivity index (χ0n) is 19.6. The first kappa shape index (κ1) is 26.0. The Morgan fingerprint density at radius 3 is 2.24 bits per heavy atom. The summed E-state index contributed by atoms with van der Waals surface area (Å²) in [5.41, 5.74) is 1.64. The molecule has 1 aliphatic rings. The van der Waals surface area contributed by atoms with E-state index in [-0.39, 0.29) is 12.5 Å². The highest BCUT2D eigenvalue weighted by atomic mass is 35.5. The van der Waals surface area contributed by atoms with Crippen LogP contribution in [0, 0.1) is 0 Å². The van der Waals surface area contributed by atoms with Crippen LogP contribution in [0.25, 0.3) is 0 Å². The molecule has 0 saturated carbocycles. The van der Waals surface area contributed by atoms with Crippen LogP contribution in [-0.2, 0) is 19.4 Å². The second-order valence-electron chi connectivity index (χ2n) is 9.42. The molecule has 1 amide bonds. The average molecular weight is 512 g/mol. The zero-order valence-corrected chi connectivity index (χ0v) is 21.9. The van der Waals surface area contributed by atoms with E-state index >= 15 is 0 Å². The number of hydrogen-bond donors (Lipinski definition) is 0. The van der Waals surface area contributed by atoms with Gasteiger partial charge in [0.1, 0.15) is 12.7 Å². The highest BCUT2D eigenvalue weighted by Crippen LogP contribution is 2.43. The zero-order chi connectivity index (χ0) is 24.6. The Morgan fingerprint density at radius 1 is 1.06 bits per heavy atom. The lowest BCUT2D eigenvalue weighted by atomic mass is 9.90. The van der Waals surface area contributed by atoms with Crippen LogP contribution < -0.4 is 0 Å². The molecule has 33 heavy (non-hydrogen) atoms. The molecular weight excluding hydrogens is 481 g/mol. The monoisotopic (exact) mass is 511 g/mol. The van der Waals surface area contributed by atoms with Crippen molar-refractivity contribution in [2.45, 2.75) is 69.2 Å². The first-order valence-corrected chi connectivity index (χ1v) is 13.4. The van der Waals surface area contributed by atoms with E-state index in [1.54, 1.807) is 50.8 Å². The molecule has 1 saturated heterocycles. The van der Waals surface area contributed by atoms with Crippen molar-refractivity contribution in [3.05, 3.63) is 69.7 Å². The van der Waals surface area contributed by atoms with Crippen LogP contribution in [0.3, 0.4) is 0 Å². The summed E-state index contributed by atoms with van der Waals surface area (Å²) >= 11 is 12.4. The van der Waals surface area contributed by atoms with Gasteiger partial charge in [0.25, 0.3) is 0 Å². The molecule has 0 spiro atoms. The van der Waals surface area contributed by atoms with E-state index in [9.17, 15) is 13.2 Å². The lowest BCUT2D eigenvalue weighted by Gasteiger charge is -2.47. The molecule has 2 aromatic rings. The van der Waals surface area contributed by atoms with Crippen LogP contribution in [0.5, 0.6) is 0 Å². The number of amides is 1. The summed E-state index contributed by atoms with van der Waals surface area (Å²) in [5.74, 6) is -0.240. The van der Waals surface area contributed by atoms with E-state index < -0.39 is 38.0 Å². The predicted molar refractivity (Wildman–Crippen MR) is 133 cm³/mol. The summed E-state index contributed by atoms with van der Waals surface area (Å²) in [6.45, 7) is 8.55. The number of ether oxygens (including phenoxy) is 1. The molecule has 1 aliphatic heterocycles. The molecule has 0 N–H and O–H groups in total. The highest BCUT2D eigenvalue weighted by molar-refractivity contribution is 7.93. The third-order valence-electron chi connectivity index (χ3n) is 6.31. The highest BCUT2D eigenvalue weighted by Gasteiger charge is 2.47. The van der Waals surface area contributed by atoms with Gasteiger partial charge in [-0.3, -0.25) is 4.79 Å². The van der Waals surface area contributed by atoms with Crippen molar-refractivity contribution in [2.75, 3.05) is 6.61 Å². The van der Waals surface area contributed by atoms with E-state index in [0.717, 1.165) is 11.1 Å². The Labute approximate surface area is 206 Å². The number of halogens is 2.